The molecule has 1 aromatic rings. The van der Waals surface area contributed by atoms with Crippen LogP contribution in [0.15, 0.2) is 47.9 Å². The zero-order valence-electron chi connectivity index (χ0n) is 10.4. The van der Waals surface area contributed by atoms with Crippen molar-refractivity contribution in [2.45, 2.75) is 19.4 Å². The molecule has 0 bridgehead atoms. The molecule has 0 fully saturated rings. The smallest absolute Gasteiger partial charge is 0.0339 e. The molecule has 0 aromatic carbocycles. The highest BCUT2D eigenvalue weighted by Gasteiger charge is 2.19. The first-order valence-corrected chi connectivity index (χ1v) is 6.85. The third-order valence-electron chi connectivity index (χ3n) is 3.21. The van der Waals surface area contributed by atoms with E-state index in [2.05, 4.69) is 54.6 Å². The summed E-state index contributed by atoms with van der Waals surface area (Å²) in [7, 11) is 2.01. The number of allylic oxidation sites excluding steroid dienone is 3. The Morgan fingerprint density at radius 1 is 1.59 bits per heavy atom. The van der Waals surface area contributed by atoms with Crippen LogP contribution in [0.25, 0.3) is 5.57 Å². The van der Waals surface area contributed by atoms with Gasteiger partial charge in [-0.25, -0.2) is 0 Å². The van der Waals surface area contributed by atoms with Gasteiger partial charge in [0.15, 0.2) is 0 Å². The highest BCUT2D eigenvalue weighted by Crippen LogP contribution is 2.29. The number of hydrogen-bond acceptors (Lipinski definition) is 2. The molecule has 0 radical (unpaired) electrons. The summed E-state index contributed by atoms with van der Waals surface area (Å²) in [5, 5.41) is 5.47. The van der Waals surface area contributed by atoms with Crippen LogP contribution in [0.1, 0.15) is 18.2 Å². The van der Waals surface area contributed by atoms with Crippen LogP contribution in [0.2, 0.25) is 0 Å². The van der Waals surface area contributed by atoms with Crippen molar-refractivity contribution in [3.05, 3.63) is 52.8 Å². The summed E-state index contributed by atoms with van der Waals surface area (Å²) in [5.74, 6) is 0.529. The number of hydrogen-bond donors (Lipinski definition) is 1. The predicted molar refractivity (Wildman–Crippen MR) is 77.2 cm³/mol. The summed E-state index contributed by atoms with van der Waals surface area (Å²) in [6.45, 7) is 6.15. The minimum atomic E-state index is 0.382. The molecule has 2 unspecified atom stereocenters. The van der Waals surface area contributed by atoms with E-state index in [1.54, 1.807) is 11.3 Å². The summed E-state index contributed by atoms with van der Waals surface area (Å²) in [6, 6.07) is 4.66. The normalized spacial score (nSPS) is 21.1. The molecule has 1 aliphatic carbocycles. The Morgan fingerprint density at radius 3 is 2.88 bits per heavy atom. The van der Waals surface area contributed by atoms with Crippen molar-refractivity contribution < 1.29 is 0 Å². The van der Waals surface area contributed by atoms with Gasteiger partial charge in [-0.3, -0.25) is 0 Å². The molecule has 1 aliphatic rings. The van der Waals surface area contributed by atoms with E-state index in [9.17, 15) is 0 Å². The molecule has 0 aliphatic heterocycles. The zero-order chi connectivity index (χ0) is 12.3. The fourth-order valence-corrected chi connectivity index (χ4v) is 3.08. The number of rotatable bonds is 4. The van der Waals surface area contributed by atoms with E-state index in [-0.39, 0.29) is 0 Å². The van der Waals surface area contributed by atoms with Crippen LogP contribution in [0.3, 0.4) is 0 Å². The minimum Gasteiger partial charge on any atom is -0.313 e. The molecule has 0 amide bonds. The molecule has 1 N–H and O–H groups in total. The fourth-order valence-electron chi connectivity index (χ4n) is 2.34. The second kappa shape index (κ2) is 5.48. The molecule has 2 heteroatoms. The van der Waals surface area contributed by atoms with Crippen molar-refractivity contribution in [3.63, 3.8) is 0 Å². The molecule has 0 saturated heterocycles. The average Bonchev–Trinajstić information content (AvgIpc) is 2.84. The van der Waals surface area contributed by atoms with E-state index in [4.69, 9.17) is 0 Å². The standard InChI is InChI=1S/C15H19NS/c1-11(2)15(16-3)13-8-6-12(7-9-13)14-5-4-10-17-14/h4-8,10,13,15-16H,1,9H2,2-3H3. The Balaban J connectivity index is 2.08. The van der Waals surface area contributed by atoms with Gasteiger partial charge in [-0.2, -0.15) is 0 Å². The average molecular weight is 245 g/mol. The van der Waals surface area contributed by atoms with Crippen LogP contribution in [-0.2, 0) is 0 Å². The first-order valence-electron chi connectivity index (χ1n) is 5.97. The molecule has 0 spiro atoms. The molecule has 0 saturated carbocycles. The quantitative estimate of drug-likeness (QED) is 0.794. The number of thiophene rings is 1. The van der Waals surface area contributed by atoms with Crippen molar-refractivity contribution in [2.24, 2.45) is 5.92 Å². The lowest BCUT2D eigenvalue weighted by molar-refractivity contribution is 0.489. The summed E-state index contributed by atoms with van der Waals surface area (Å²) in [6.07, 6.45) is 7.98. The third kappa shape index (κ3) is 2.76. The molecule has 2 atom stereocenters. The third-order valence-corrected chi connectivity index (χ3v) is 4.13. The molecule has 1 heterocycles. The maximum atomic E-state index is 4.06. The Bertz CT molecular complexity index is 439. The molecule has 1 nitrogen and oxygen atoms in total. The number of nitrogens with one attached hydrogen (secondary N) is 1. The van der Waals surface area contributed by atoms with Crippen LogP contribution >= 0.6 is 11.3 Å². The summed E-state index contributed by atoms with van der Waals surface area (Å²) >= 11 is 1.80. The maximum Gasteiger partial charge on any atom is 0.0339 e. The van der Waals surface area contributed by atoms with Gasteiger partial charge >= 0.3 is 0 Å². The van der Waals surface area contributed by atoms with E-state index in [1.807, 2.05) is 7.05 Å². The van der Waals surface area contributed by atoms with E-state index in [1.165, 1.54) is 16.0 Å². The topological polar surface area (TPSA) is 12.0 Å². The Hall–Kier alpha value is -1.12. The number of likely N-dealkylation sites (N-methyl/N-ethyl adjacent to an activating group) is 1. The van der Waals surface area contributed by atoms with Crippen molar-refractivity contribution in [3.8, 4) is 0 Å². The minimum absolute atomic E-state index is 0.382. The molecule has 90 valence electrons. The molecule has 2 rings (SSSR count). The van der Waals surface area contributed by atoms with Gasteiger partial charge in [-0.15, -0.1) is 11.3 Å². The Morgan fingerprint density at radius 2 is 2.41 bits per heavy atom. The van der Waals surface area contributed by atoms with Gasteiger partial charge < -0.3 is 5.32 Å². The lowest BCUT2D eigenvalue weighted by Crippen LogP contribution is -2.33. The van der Waals surface area contributed by atoms with Crippen LogP contribution in [-0.4, -0.2) is 13.1 Å². The van der Waals surface area contributed by atoms with E-state index in [0.29, 0.717) is 12.0 Å². The second-order valence-electron chi connectivity index (χ2n) is 4.51. The van der Waals surface area contributed by atoms with E-state index < -0.39 is 0 Å². The highest BCUT2D eigenvalue weighted by molar-refractivity contribution is 7.11. The van der Waals surface area contributed by atoms with Gasteiger partial charge in [0.05, 0.1) is 0 Å². The van der Waals surface area contributed by atoms with Crippen LogP contribution in [0.4, 0.5) is 0 Å². The van der Waals surface area contributed by atoms with Crippen LogP contribution < -0.4 is 5.32 Å². The van der Waals surface area contributed by atoms with Crippen molar-refractivity contribution in [1.82, 2.24) is 5.32 Å². The van der Waals surface area contributed by atoms with Gasteiger partial charge in [0.2, 0.25) is 0 Å². The predicted octanol–water partition coefficient (Wildman–Crippen LogP) is 3.87. The van der Waals surface area contributed by atoms with E-state index in [0.717, 1.165) is 6.42 Å². The molecular weight excluding hydrogens is 226 g/mol. The largest absolute Gasteiger partial charge is 0.313 e. The maximum absolute atomic E-state index is 4.06. The van der Waals surface area contributed by atoms with Gasteiger partial charge in [-0.1, -0.05) is 36.4 Å². The van der Waals surface area contributed by atoms with E-state index >= 15 is 0 Å². The van der Waals surface area contributed by atoms with Crippen LogP contribution in [0, 0.1) is 5.92 Å². The zero-order valence-corrected chi connectivity index (χ0v) is 11.3. The summed E-state index contributed by atoms with van der Waals surface area (Å²) in [5.41, 5.74) is 2.56. The Kier molecular flexibility index (Phi) is 3.97. The first kappa shape index (κ1) is 12.3. The van der Waals surface area contributed by atoms with Crippen LogP contribution in [0.5, 0.6) is 0 Å². The lowest BCUT2D eigenvalue weighted by atomic mass is 9.87. The van der Waals surface area contributed by atoms with Crippen molar-refractivity contribution in [2.75, 3.05) is 7.05 Å². The van der Waals surface area contributed by atoms with Gasteiger partial charge in [0.25, 0.3) is 0 Å². The van der Waals surface area contributed by atoms with Gasteiger partial charge in [-0.05, 0) is 43.3 Å². The summed E-state index contributed by atoms with van der Waals surface area (Å²) in [4.78, 5) is 1.36. The second-order valence-corrected chi connectivity index (χ2v) is 5.46. The van der Waals surface area contributed by atoms with Crippen molar-refractivity contribution in [1.29, 1.82) is 0 Å². The molecule has 17 heavy (non-hydrogen) atoms. The molecule has 1 aromatic heterocycles. The van der Waals surface area contributed by atoms with Crippen molar-refractivity contribution >= 4 is 16.9 Å². The first-order chi connectivity index (χ1) is 8.22. The lowest BCUT2D eigenvalue weighted by Gasteiger charge is -2.26. The van der Waals surface area contributed by atoms with Gasteiger partial charge in [0.1, 0.15) is 0 Å². The Labute approximate surface area is 108 Å². The monoisotopic (exact) mass is 245 g/mol. The highest BCUT2D eigenvalue weighted by atomic mass is 32.1. The molecular formula is C15H19NS. The SMILES string of the molecule is C=C(C)C(NC)C1C=CC(c2cccs2)=CC1. The fraction of sp³-hybridized carbons (Fsp3) is 0.333. The summed E-state index contributed by atoms with van der Waals surface area (Å²) < 4.78 is 0. The van der Waals surface area contributed by atoms with Gasteiger partial charge in [0, 0.05) is 10.9 Å².